The Kier molecular flexibility index (Phi) is 8.05. The van der Waals surface area contributed by atoms with Gasteiger partial charge in [0.15, 0.2) is 0 Å². The van der Waals surface area contributed by atoms with Crippen LogP contribution in [-0.4, -0.2) is 37.6 Å². The van der Waals surface area contributed by atoms with E-state index >= 15 is 0 Å². The summed E-state index contributed by atoms with van der Waals surface area (Å²) in [5.74, 6) is 0.866. The molecule has 0 saturated heterocycles. The minimum Gasteiger partial charge on any atom is -0.490 e. The Bertz CT molecular complexity index is 372. The van der Waals surface area contributed by atoms with Crippen molar-refractivity contribution in [2.75, 3.05) is 26.4 Å². The van der Waals surface area contributed by atoms with Gasteiger partial charge < -0.3 is 19.9 Å². The molecule has 1 aromatic carbocycles. The molecule has 5 heteroatoms. The summed E-state index contributed by atoms with van der Waals surface area (Å²) in [5.41, 5.74) is 1.19. The number of aliphatic hydroxyl groups is 1. The number of ether oxygens (including phenoxy) is 2. The molecule has 0 spiro atoms. The lowest BCUT2D eigenvalue weighted by atomic mass is 10.2. The van der Waals surface area contributed by atoms with Crippen LogP contribution >= 0.6 is 15.9 Å². The predicted octanol–water partition coefficient (Wildman–Crippen LogP) is 2.33. The molecule has 108 valence electrons. The maximum absolute atomic E-state index is 8.56. The zero-order chi connectivity index (χ0) is 14.1. The number of hydrogen-bond acceptors (Lipinski definition) is 4. The highest BCUT2D eigenvalue weighted by Crippen LogP contribution is 2.26. The largest absolute Gasteiger partial charge is 0.490 e. The molecular weight excluding hydrogens is 310 g/mol. The third-order valence-electron chi connectivity index (χ3n) is 2.35. The van der Waals surface area contributed by atoms with Gasteiger partial charge in [-0.1, -0.05) is 6.07 Å². The summed E-state index contributed by atoms with van der Waals surface area (Å²) in [6.45, 7) is 6.64. The molecule has 19 heavy (non-hydrogen) atoms. The topological polar surface area (TPSA) is 50.7 Å². The molecule has 0 aliphatic carbocycles. The molecule has 2 N–H and O–H groups in total. The van der Waals surface area contributed by atoms with Crippen LogP contribution in [0, 0.1) is 0 Å². The Morgan fingerprint density at radius 3 is 2.74 bits per heavy atom. The van der Waals surface area contributed by atoms with Crippen molar-refractivity contribution in [2.24, 2.45) is 0 Å². The summed E-state index contributed by atoms with van der Waals surface area (Å²) in [7, 11) is 0. The van der Waals surface area contributed by atoms with Crippen molar-refractivity contribution in [3.63, 3.8) is 0 Å². The summed E-state index contributed by atoms with van der Waals surface area (Å²) >= 11 is 3.51. The molecule has 0 saturated carbocycles. The van der Waals surface area contributed by atoms with Crippen molar-refractivity contribution in [1.82, 2.24) is 5.32 Å². The average Bonchev–Trinajstić information content (AvgIpc) is 2.36. The van der Waals surface area contributed by atoms with E-state index in [0.717, 1.165) is 23.3 Å². The van der Waals surface area contributed by atoms with Crippen molar-refractivity contribution in [3.8, 4) is 5.75 Å². The Hall–Kier alpha value is -0.620. The first kappa shape index (κ1) is 16.4. The minimum atomic E-state index is 0.0737. The highest BCUT2D eigenvalue weighted by Gasteiger charge is 2.04. The Morgan fingerprint density at radius 2 is 2.11 bits per heavy atom. The fourth-order valence-corrected chi connectivity index (χ4v) is 2.07. The first-order valence-electron chi connectivity index (χ1n) is 6.48. The lowest BCUT2D eigenvalue weighted by Gasteiger charge is -2.12. The molecule has 0 radical (unpaired) electrons. The van der Waals surface area contributed by atoms with Gasteiger partial charge in [0.2, 0.25) is 0 Å². The minimum absolute atomic E-state index is 0.0737. The monoisotopic (exact) mass is 331 g/mol. The fraction of sp³-hybridized carbons (Fsp3) is 0.571. The number of halogens is 1. The van der Waals surface area contributed by atoms with Crippen LogP contribution in [0.1, 0.15) is 19.4 Å². The normalized spacial score (nSPS) is 11.0. The van der Waals surface area contributed by atoms with Gasteiger partial charge in [0.1, 0.15) is 5.75 Å². The van der Waals surface area contributed by atoms with E-state index in [9.17, 15) is 0 Å². The van der Waals surface area contributed by atoms with Crippen LogP contribution in [0.25, 0.3) is 0 Å². The summed E-state index contributed by atoms with van der Waals surface area (Å²) in [5, 5.41) is 11.8. The van der Waals surface area contributed by atoms with Gasteiger partial charge in [0.05, 0.1) is 30.4 Å². The molecule has 1 rings (SSSR count). The number of benzene rings is 1. The lowest BCUT2D eigenvalue weighted by molar-refractivity contribution is 0.0938. The molecule has 0 aromatic heterocycles. The summed E-state index contributed by atoms with van der Waals surface area (Å²) < 4.78 is 11.8. The van der Waals surface area contributed by atoms with Crippen LogP contribution in [0.15, 0.2) is 22.7 Å². The van der Waals surface area contributed by atoms with Crippen molar-refractivity contribution in [1.29, 1.82) is 0 Å². The average molecular weight is 332 g/mol. The molecule has 4 nitrogen and oxygen atoms in total. The maximum atomic E-state index is 8.56. The van der Waals surface area contributed by atoms with E-state index in [0.29, 0.717) is 13.2 Å². The van der Waals surface area contributed by atoms with E-state index in [4.69, 9.17) is 14.6 Å². The van der Waals surface area contributed by atoms with Gasteiger partial charge in [-0.25, -0.2) is 0 Å². The zero-order valence-corrected chi connectivity index (χ0v) is 13.1. The van der Waals surface area contributed by atoms with E-state index in [-0.39, 0.29) is 12.7 Å². The molecule has 0 fully saturated rings. The summed E-state index contributed by atoms with van der Waals surface area (Å²) in [6, 6.07) is 6.08. The third-order valence-corrected chi connectivity index (χ3v) is 2.97. The zero-order valence-electron chi connectivity index (χ0n) is 11.5. The maximum Gasteiger partial charge on any atom is 0.133 e. The van der Waals surface area contributed by atoms with Gasteiger partial charge >= 0.3 is 0 Å². The fourth-order valence-electron chi connectivity index (χ4n) is 1.55. The van der Waals surface area contributed by atoms with Crippen molar-refractivity contribution >= 4 is 15.9 Å². The number of rotatable bonds is 9. The number of nitrogens with one attached hydrogen (secondary N) is 1. The molecule has 1 aromatic rings. The van der Waals surface area contributed by atoms with Gasteiger partial charge in [0.25, 0.3) is 0 Å². The van der Waals surface area contributed by atoms with Gasteiger partial charge in [-0.05, 0) is 47.5 Å². The van der Waals surface area contributed by atoms with Crippen molar-refractivity contribution in [3.05, 3.63) is 28.2 Å². The molecule has 0 aliphatic heterocycles. The van der Waals surface area contributed by atoms with Gasteiger partial charge in [-0.3, -0.25) is 0 Å². The van der Waals surface area contributed by atoms with E-state index < -0.39 is 0 Å². The molecule has 0 unspecified atom stereocenters. The first-order valence-corrected chi connectivity index (χ1v) is 7.27. The predicted molar refractivity (Wildman–Crippen MR) is 79.5 cm³/mol. The van der Waals surface area contributed by atoms with Crippen LogP contribution < -0.4 is 10.1 Å². The van der Waals surface area contributed by atoms with Crippen LogP contribution in [-0.2, 0) is 11.3 Å². The Balaban J connectivity index is 2.33. The number of aliphatic hydroxyl groups excluding tert-OH is 1. The first-order chi connectivity index (χ1) is 9.13. The molecule has 0 aliphatic rings. The van der Waals surface area contributed by atoms with Crippen LogP contribution in [0.3, 0.4) is 0 Å². The smallest absolute Gasteiger partial charge is 0.133 e. The van der Waals surface area contributed by atoms with E-state index in [2.05, 4.69) is 27.3 Å². The van der Waals surface area contributed by atoms with Crippen LogP contribution in [0.5, 0.6) is 5.75 Å². The molecular formula is C14H22BrNO3. The van der Waals surface area contributed by atoms with Gasteiger partial charge in [-0.15, -0.1) is 0 Å². The lowest BCUT2D eigenvalue weighted by Crippen LogP contribution is -2.20. The van der Waals surface area contributed by atoms with Crippen molar-refractivity contribution < 1.29 is 14.6 Å². The van der Waals surface area contributed by atoms with E-state index in [1.54, 1.807) is 0 Å². The van der Waals surface area contributed by atoms with Crippen LogP contribution in [0.2, 0.25) is 0 Å². The molecule has 0 bridgehead atoms. The van der Waals surface area contributed by atoms with E-state index in [1.807, 2.05) is 26.0 Å². The van der Waals surface area contributed by atoms with Crippen LogP contribution in [0.4, 0.5) is 0 Å². The van der Waals surface area contributed by atoms with Crippen molar-refractivity contribution in [2.45, 2.75) is 26.5 Å². The second-order valence-electron chi connectivity index (χ2n) is 4.44. The second kappa shape index (κ2) is 9.31. The standard InChI is InChI=1S/C14H22BrNO3/c1-11(2)19-14-4-3-12(9-13(14)15)10-16-5-7-18-8-6-17/h3-4,9,11,16-17H,5-8,10H2,1-2H3. The summed E-state index contributed by atoms with van der Waals surface area (Å²) in [6.07, 6.45) is 0.170. The highest BCUT2D eigenvalue weighted by molar-refractivity contribution is 9.10. The second-order valence-corrected chi connectivity index (χ2v) is 5.30. The van der Waals surface area contributed by atoms with E-state index in [1.165, 1.54) is 5.56 Å². The Labute approximate surface area is 123 Å². The molecule has 0 amide bonds. The van der Waals surface area contributed by atoms with Gasteiger partial charge in [-0.2, -0.15) is 0 Å². The molecule has 0 atom stereocenters. The Morgan fingerprint density at radius 1 is 1.32 bits per heavy atom. The summed E-state index contributed by atoms with van der Waals surface area (Å²) in [4.78, 5) is 0. The number of hydrogen-bond donors (Lipinski definition) is 2. The third kappa shape index (κ3) is 6.92. The SMILES string of the molecule is CC(C)Oc1ccc(CNCCOCCO)cc1Br. The molecule has 0 heterocycles. The highest BCUT2D eigenvalue weighted by atomic mass is 79.9. The quantitative estimate of drug-likeness (QED) is 0.682. The van der Waals surface area contributed by atoms with Gasteiger partial charge in [0, 0.05) is 13.1 Å².